The summed E-state index contributed by atoms with van der Waals surface area (Å²) in [4.78, 5) is 0. The van der Waals surface area contributed by atoms with Gasteiger partial charge in [-0.3, -0.25) is 0 Å². The lowest BCUT2D eigenvalue weighted by Crippen LogP contribution is -2.65. The van der Waals surface area contributed by atoms with Gasteiger partial charge in [0.05, 0.1) is 13.2 Å². The number of aliphatic hydroxyl groups excluding tert-OH is 5. The minimum atomic E-state index is -1.33. The Bertz CT molecular complexity index is 930. The maximum Gasteiger partial charge on any atom is 0.494 e. The fraction of sp³-hybridized carbons (Fsp3) is 0.500. The fourth-order valence-electron chi connectivity index (χ4n) is 4.77. The largest absolute Gasteiger partial charge is 0.494 e. The first-order valence-corrected chi connectivity index (χ1v) is 11.6. The van der Waals surface area contributed by atoms with Crippen LogP contribution in [0.25, 0.3) is 0 Å². The van der Waals surface area contributed by atoms with Crippen molar-refractivity contribution >= 4 is 12.6 Å². The lowest BCUT2D eigenvalue weighted by Gasteiger charge is -2.44. The van der Waals surface area contributed by atoms with Gasteiger partial charge in [-0.05, 0) is 11.0 Å². The van der Waals surface area contributed by atoms with E-state index in [0.717, 1.165) is 5.46 Å². The van der Waals surface area contributed by atoms with E-state index in [9.17, 15) is 20.4 Å². The number of rotatable bonds is 3. The number of fused-ring (bicyclic) bond motifs is 6. The van der Waals surface area contributed by atoms with E-state index in [1.54, 1.807) is 24.3 Å². The van der Waals surface area contributed by atoms with Crippen LogP contribution in [-0.2, 0) is 23.5 Å². The van der Waals surface area contributed by atoms with E-state index >= 15 is 0 Å². The van der Waals surface area contributed by atoms with Gasteiger partial charge < -0.3 is 49.1 Å². The normalized spacial score (nSPS) is 40.1. The third-order valence-corrected chi connectivity index (χ3v) is 6.70. The molecule has 4 unspecified atom stereocenters. The number of benzene rings is 2. The summed E-state index contributed by atoms with van der Waals surface area (Å²) in [5.41, 5.74) is 1.64. The molecular weight excluding hydrogens is 459 g/mol. The molecule has 4 aliphatic heterocycles. The van der Waals surface area contributed by atoms with E-state index in [1.807, 2.05) is 36.4 Å². The van der Waals surface area contributed by atoms with Crippen molar-refractivity contribution in [2.75, 3.05) is 13.2 Å². The minimum Gasteiger partial charge on any atom is -0.399 e. The molecule has 11 heteroatoms. The summed E-state index contributed by atoms with van der Waals surface area (Å²) < 4.78 is 28.0. The van der Waals surface area contributed by atoms with E-state index in [-0.39, 0.29) is 12.2 Å². The van der Waals surface area contributed by atoms with Crippen molar-refractivity contribution in [1.82, 2.24) is 0 Å². The predicted octanol–water partition coefficient (Wildman–Crippen LogP) is -1.52. The molecule has 5 N–H and O–H groups in total. The maximum atomic E-state index is 10.1. The van der Waals surface area contributed by atoms with Crippen LogP contribution in [-0.4, -0.2) is 101 Å². The zero-order valence-corrected chi connectivity index (χ0v) is 18.8. The second-order valence-corrected chi connectivity index (χ2v) is 8.97. The van der Waals surface area contributed by atoms with Crippen molar-refractivity contribution < 1.29 is 49.1 Å². The van der Waals surface area contributed by atoms with Gasteiger partial charge in [0.1, 0.15) is 54.9 Å². The highest BCUT2D eigenvalue weighted by atomic mass is 16.8. The number of hydrogen-bond donors (Lipinski definition) is 5. The minimum absolute atomic E-state index is 0.198. The molecule has 35 heavy (non-hydrogen) atoms. The van der Waals surface area contributed by atoms with Crippen molar-refractivity contribution in [2.24, 2.45) is 0 Å². The molecule has 188 valence electrons. The Hall–Kier alpha value is -1.90. The molecule has 10 atom stereocenters. The molecular formula is C24H29BO10. The molecule has 0 saturated carbocycles. The molecule has 4 heterocycles. The first-order valence-electron chi connectivity index (χ1n) is 11.6. The Balaban J connectivity index is 0.000000145. The Morgan fingerprint density at radius 2 is 1.40 bits per heavy atom. The zero-order chi connectivity index (χ0) is 24.5. The van der Waals surface area contributed by atoms with Crippen LogP contribution >= 0.6 is 0 Å². The molecule has 4 saturated heterocycles. The highest BCUT2D eigenvalue weighted by Gasteiger charge is 2.57. The van der Waals surface area contributed by atoms with Crippen molar-refractivity contribution in [3.63, 3.8) is 0 Å². The Morgan fingerprint density at radius 3 is 2.09 bits per heavy atom. The van der Waals surface area contributed by atoms with Crippen LogP contribution in [0.4, 0.5) is 0 Å². The molecule has 4 aliphatic rings. The van der Waals surface area contributed by atoms with Gasteiger partial charge in [0, 0.05) is 0 Å². The molecule has 0 radical (unpaired) electrons. The Morgan fingerprint density at radius 1 is 0.743 bits per heavy atom. The lowest BCUT2D eigenvalue weighted by molar-refractivity contribution is -0.243. The average molecular weight is 488 g/mol. The molecule has 0 aromatic heterocycles. The summed E-state index contributed by atoms with van der Waals surface area (Å²) in [5, 5.41) is 48.3. The average Bonchev–Trinajstić information content (AvgIpc) is 3.36. The third kappa shape index (κ3) is 4.89. The standard InChI is InChI=1S/C12H13BO5.C12H16O5/c14-9-10-8-6-15-12(16-8)11(9)18-13(17-10)7-4-2-1-3-5-7;13-6-8-9(14)10(15)11(16)12(17-8)7-4-2-1-3-5-7/h1-5,8-12,14H,6H2;1-5,8-16H,6H2/t8-,9+,10?,11?,12-;8-,9?,10+,11?,12+/m11/s1. The first kappa shape index (κ1) is 24.8. The molecule has 10 nitrogen and oxygen atoms in total. The lowest BCUT2D eigenvalue weighted by atomic mass is 9.75. The molecule has 0 spiro atoms. The van der Waals surface area contributed by atoms with Crippen molar-refractivity contribution in [3.05, 3.63) is 66.2 Å². The van der Waals surface area contributed by atoms with Gasteiger partial charge in [0.15, 0.2) is 6.29 Å². The van der Waals surface area contributed by atoms with Gasteiger partial charge in [0.25, 0.3) is 0 Å². The first-order chi connectivity index (χ1) is 17.0. The molecule has 2 aromatic rings. The van der Waals surface area contributed by atoms with E-state index in [0.29, 0.717) is 12.2 Å². The van der Waals surface area contributed by atoms with Crippen LogP contribution in [0.2, 0.25) is 0 Å². The summed E-state index contributed by atoms with van der Waals surface area (Å²) in [6.07, 6.45) is -7.68. The summed E-state index contributed by atoms with van der Waals surface area (Å²) in [6.45, 7) is 0.0437. The molecule has 6 rings (SSSR count). The van der Waals surface area contributed by atoms with Gasteiger partial charge >= 0.3 is 7.12 Å². The second-order valence-electron chi connectivity index (χ2n) is 8.97. The number of hydrogen-bond acceptors (Lipinski definition) is 10. The fourth-order valence-corrected chi connectivity index (χ4v) is 4.77. The summed E-state index contributed by atoms with van der Waals surface area (Å²) in [7, 11) is -0.458. The molecule has 4 fully saturated rings. The Kier molecular flexibility index (Phi) is 7.51. The molecule has 0 amide bonds. The highest BCUT2D eigenvalue weighted by Crippen LogP contribution is 2.35. The molecule has 0 aliphatic carbocycles. The SMILES string of the molecule is OC[C@H]1O[C@@H](c2ccccc2)C(O)[C@@H](O)C1O.O[C@@H]1C2OB(c3ccccc3)OC1[C@H]1CO[C@@H]2O1. The zero-order valence-electron chi connectivity index (χ0n) is 18.8. The summed E-state index contributed by atoms with van der Waals surface area (Å²) in [6, 6.07) is 18.6. The summed E-state index contributed by atoms with van der Waals surface area (Å²) >= 11 is 0. The third-order valence-electron chi connectivity index (χ3n) is 6.70. The van der Waals surface area contributed by atoms with E-state index in [4.69, 9.17) is 28.6 Å². The monoisotopic (exact) mass is 488 g/mol. The maximum absolute atomic E-state index is 10.1. The van der Waals surface area contributed by atoms with Crippen molar-refractivity contribution in [3.8, 4) is 0 Å². The van der Waals surface area contributed by atoms with Crippen LogP contribution in [0.3, 0.4) is 0 Å². The van der Waals surface area contributed by atoms with Crippen molar-refractivity contribution in [2.45, 2.75) is 61.2 Å². The number of aliphatic hydroxyl groups is 5. The van der Waals surface area contributed by atoms with Crippen LogP contribution in [0.15, 0.2) is 60.7 Å². The Labute approximate surface area is 202 Å². The van der Waals surface area contributed by atoms with Gasteiger partial charge in [-0.2, -0.15) is 0 Å². The van der Waals surface area contributed by atoms with Gasteiger partial charge in [-0.15, -0.1) is 0 Å². The van der Waals surface area contributed by atoms with E-state index < -0.39 is 62.7 Å². The predicted molar refractivity (Wildman–Crippen MR) is 121 cm³/mol. The number of ether oxygens (including phenoxy) is 3. The smallest absolute Gasteiger partial charge is 0.399 e. The van der Waals surface area contributed by atoms with Crippen LogP contribution in [0.1, 0.15) is 11.7 Å². The van der Waals surface area contributed by atoms with Crippen LogP contribution in [0, 0.1) is 0 Å². The van der Waals surface area contributed by atoms with Crippen molar-refractivity contribution in [1.29, 1.82) is 0 Å². The molecule has 2 aromatic carbocycles. The van der Waals surface area contributed by atoms with Crippen LogP contribution < -0.4 is 5.46 Å². The summed E-state index contributed by atoms with van der Waals surface area (Å²) in [5.74, 6) is 0. The van der Waals surface area contributed by atoms with Crippen LogP contribution in [0.5, 0.6) is 0 Å². The molecule has 4 bridgehead atoms. The highest BCUT2D eigenvalue weighted by molar-refractivity contribution is 6.61. The van der Waals surface area contributed by atoms with E-state index in [1.165, 1.54) is 0 Å². The van der Waals surface area contributed by atoms with Gasteiger partial charge in [-0.1, -0.05) is 60.7 Å². The quantitative estimate of drug-likeness (QED) is 0.323. The topological polar surface area (TPSA) is 147 Å². The van der Waals surface area contributed by atoms with Gasteiger partial charge in [-0.25, -0.2) is 0 Å². The van der Waals surface area contributed by atoms with E-state index in [2.05, 4.69) is 0 Å². The second kappa shape index (κ2) is 10.6. The van der Waals surface area contributed by atoms with Gasteiger partial charge in [0.2, 0.25) is 0 Å².